The van der Waals surface area contributed by atoms with Gasteiger partial charge in [0.2, 0.25) is 10.0 Å². The molecule has 0 fully saturated rings. The van der Waals surface area contributed by atoms with Crippen LogP contribution in [0.2, 0.25) is 0 Å². The van der Waals surface area contributed by atoms with Gasteiger partial charge in [-0.3, -0.25) is 4.98 Å². The zero-order chi connectivity index (χ0) is 20.3. The lowest BCUT2D eigenvalue weighted by atomic mass is 10.0. The molecule has 4 N–H and O–H groups in total. The molecule has 0 bridgehead atoms. The van der Waals surface area contributed by atoms with Crippen molar-refractivity contribution in [1.29, 1.82) is 0 Å². The van der Waals surface area contributed by atoms with Crippen LogP contribution in [0.5, 0.6) is 0 Å². The Morgan fingerprint density at radius 2 is 1.86 bits per heavy atom. The molecule has 0 spiro atoms. The molecule has 0 aliphatic carbocycles. The molecule has 1 heterocycles. The first-order valence-electron chi connectivity index (χ1n) is 8.81. The molecule has 0 aliphatic rings. The largest absolute Gasteiger partial charge is 0.387 e. The quantitative estimate of drug-likeness (QED) is 0.562. The molecular formula is C20H22FN3O3S. The van der Waals surface area contributed by atoms with E-state index in [4.69, 9.17) is 5.14 Å². The Labute approximate surface area is 163 Å². The van der Waals surface area contributed by atoms with Crippen molar-refractivity contribution >= 4 is 20.8 Å². The van der Waals surface area contributed by atoms with Gasteiger partial charge < -0.3 is 10.4 Å². The van der Waals surface area contributed by atoms with Gasteiger partial charge in [0.25, 0.3) is 0 Å². The summed E-state index contributed by atoms with van der Waals surface area (Å²) in [5, 5.41) is 20.2. The Hall–Kier alpha value is -2.39. The average Bonchev–Trinajstić information content (AvgIpc) is 2.66. The molecule has 6 nitrogen and oxygen atoms in total. The number of benzene rings is 2. The van der Waals surface area contributed by atoms with Crippen molar-refractivity contribution in [3.8, 4) is 0 Å². The molecule has 0 unspecified atom stereocenters. The smallest absolute Gasteiger partial charge is 0.238 e. The van der Waals surface area contributed by atoms with E-state index in [1.165, 1.54) is 24.3 Å². The zero-order valence-electron chi connectivity index (χ0n) is 15.3. The molecule has 0 aliphatic heterocycles. The number of hydrogen-bond acceptors (Lipinski definition) is 5. The maximum absolute atomic E-state index is 13.0. The zero-order valence-corrected chi connectivity index (χ0v) is 16.2. The number of aliphatic hydroxyl groups excluding tert-OH is 1. The molecule has 1 aromatic heterocycles. The molecule has 0 amide bonds. The molecule has 0 saturated carbocycles. The first-order valence-corrected chi connectivity index (χ1v) is 10.4. The van der Waals surface area contributed by atoms with Crippen LogP contribution in [0.1, 0.15) is 30.2 Å². The highest BCUT2D eigenvalue weighted by molar-refractivity contribution is 7.89. The van der Waals surface area contributed by atoms with Crippen LogP contribution in [0.15, 0.2) is 59.6 Å². The Morgan fingerprint density at radius 1 is 1.14 bits per heavy atom. The summed E-state index contributed by atoms with van der Waals surface area (Å²) < 4.78 is 36.1. The van der Waals surface area contributed by atoms with Gasteiger partial charge in [-0.25, -0.2) is 17.9 Å². The number of nitrogens with two attached hydrogens (primary N) is 1. The third kappa shape index (κ3) is 4.71. The van der Waals surface area contributed by atoms with Crippen LogP contribution in [-0.4, -0.2) is 31.6 Å². The van der Waals surface area contributed by atoms with Gasteiger partial charge in [-0.1, -0.05) is 25.1 Å². The Morgan fingerprint density at radius 3 is 2.54 bits per heavy atom. The molecule has 28 heavy (non-hydrogen) atoms. The van der Waals surface area contributed by atoms with E-state index >= 15 is 0 Å². The van der Waals surface area contributed by atoms with Crippen LogP contribution in [0.3, 0.4) is 0 Å². The second kappa shape index (κ2) is 8.32. The molecule has 3 rings (SSSR count). The lowest BCUT2D eigenvalue weighted by molar-refractivity contribution is 0.174. The predicted molar refractivity (Wildman–Crippen MR) is 106 cm³/mol. The summed E-state index contributed by atoms with van der Waals surface area (Å²) in [5.41, 5.74) is 1.46. The molecular weight excluding hydrogens is 381 g/mol. The number of nitrogens with zero attached hydrogens (tertiary/aromatic N) is 1. The van der Waals surface area contributed by atoms with Crippen molar-refractivity contribution in [2.75, 3.05) is 13.1 Å². The number of hydrogen-bond donors (Lipinski definition) is 3. The Bertz CT molecular complexity index is 1070. The van der Waals surface area contributed by atoms with E-state index in [2.05, 4.69) is 10.3 Å². The molecule has 0 saturated heterocycles. The van der Waals surface area contributed by atoms with Gasteiger partial charge in [-0.2, -0.15) is 0 Å². The van der Waals surface area contributed by atoms with E-state index in [1.54, 1.807) is 30.5 Å². The molecule has 0 radical (unpaired) electrons. The molecule has 2 aromatic carbocycles. The summed E-state index contributed by atoms with van der Waals surface area (Å²) in [6.07, 6.45) is 0.889. The van der Waals surface area contributed by atoms with Gasteiger partial charge in [0, 0.05) is 30.6 Å². The number of aliphatic hydroxyl groups is 1. The van der Waals surface area contributed by atoms with Crippen molar-refractivity contribution < 1.29 is 17.9 Å². The molecule has 8 heteroatoms. The maximum atomic E-state index is 13.0. The number of halogens is 1. The summed E-state index contributed by atoms with van der Waals surface area (Å²) >= 11 is 0. The van der Waals surface area contributed by atoms with Gasteiger partial charge in [-0.15, -0.1) is 0 Å². The summed E-state index contributed by atoms with van der Waals surface area (Å²) in [4.78, 5) is 4.50. The van der Waals surface area contributed by atoms with Gasteiger partial charge >= 0.3 is 0 Å². The maximum Gasteiger partial charge on any atom is 0.238 e. The Balaban J connectivity index is 1.69. The van der Waals surface area contributed by atoms with Crippen LogP contribution in [0, 0.1) is 5.82 Å². The van der Waals surface area contributed by atoms with Crippen LogP contribution in [0.25, 0.3) is 10.8 Å². The summed E-state index contributed by atoms with van der Waals surface area (Å²) in [7, 11) is -3.76. The number of aromatic nitrogens is 1. The van der Waals surface area contributed by atoms with E-state index in [-0.39, 0.29) is 16.6 Å². The van der Waals surface area contributed by atoms with Gasteiger partial charge in [-0.05, 0) is 41.3 Å². The van der Waals surface area contributed by atoms with Gasteiger partial charge in [0.15, 0.2) is 0 Å². The number of primary sulfonamides is 1. The monoisotopic (exact) mass is 403 g/mol. The van der Waals surface area contributed by atoms with Crippen LogP contribution < -0.4 is 10.5 Å². The molecule has 2 atom stereocenters. The highest BCUT2D eigenvalue weighted by Crippen LogP contribution is 2.25. The van der Waals surface area contributed by atoms with Crippen molar-refractivity contribution in [1.82, 2.24) is 10.3 Å². The fourth-order valence-corrected chi connectivity index (χ4v) is 3.63. The minimum atomic E-state index is -3.76. The van der Waals surface area contributed by atoms with E-state index in [1.807, 2.05) is 6.92 Å². The SMILES string of the molecule is C[C@H](CNC[C@@H](O)c1ccc(F)cc1)c1nccc2cc(S(N)(=O)=O)ccc12. The topological polar surface area (TPSA) is 105 Å². The summed E-state index contributed by atoms with van der Waals surface area (Å²) in [6, 6.07) is 12.2. The lowest BCUT2D eigenvalue weighted by Gasteiger charge is -2.17. The first-order chi connectivity index (χ1) is 13.3. The Kier molecular flexibility index (Phi) is 6.04. The third-order valence-electron chi connectivity index (χ3n) is 4.61. The minimum absolute atomic E-state index is 0.0180. The number of rotatable bonds is 7. The van der Waals surface area contributed by atoms with E-state index in [0.717, 1.165) is 16.5 Å². The molecule has 148 valence electrons. The summed E-state index contributed by atoms with van der Waals surface area (Å²) in [6.45, 7) is 2.87. The highest BCUT2D eigenvalue weighted by atomic mass is 32.2. The van der Waals surface area contributed by atoms with Crippen molar-refractivity contribution in [3.05, 3.63) is 71.8 Å². The second-order valence-electron chi connectivity index (χ2n) is 6.75. The number of sulfonamides is 1. The second-order valence-corrected chi connectivity index (χ2v) is 8.31. The fourth-order valence-electron chi connectivity index (χ4n) is 3.09. The van der Waals surface area contributed by atoms with Crippen molar-refractivity contribution in [2.45, 2.75) is 23.8 Å². The van der Waals surface area contributed by atoms with Crippen LogP contribution in [0.4, 0.5) is 4.39 Å². The minimum Gasteiger partial charge on any atom is -0.387 e. The predicted octanol–water partition coefficient (Wildman–Crippen LogP) is 2.45. The highest BCUT2D eigenvalue weighted by Gasteiger charge is 2.15. The fraction of sp³-hybridized carbons (Fsp3) is 0.250. The van der Waals surface area contributed by atoms with E-state index in [0.29, 0.717) is 18.7 Å². The molecule has 3 aromatic rings. The standard InChI is InChI=1S/C20H22FN3O3S/c1-13(11-23-12-19(25)14-2-4-16(21)5-3-14)20-18-7-6-17(28(22,26)27)10-15(18)8-9-24-20/h2-10,13,19,23,25H,11-12H2,1H3,(H2,22,26,27)/t13-,19-/m1/s1. The number of pyridine rings is 1. The number of nitrogens with one attached hydrogen (secondary N) is 1. The third-order valence-corrected chi connectivity index (χ3v) is 5.52. The first kappa shape index (κ1) is 20.3. The van der Waals surface area contributed by atoms with Crippen molar-refractivity contribution in [3.63, 3.8) is 0 Å². The van der Waals surface area contributed by atoms with Gasteiger partial charge in [0.1, 0.15) is 5.82 Å². The number of fused-ring (bicyclic) bond motifs is 1. The van der Waals surface area contributed by atoms with E-state index in [9.17, 15) is 17.9 Å². The lowest BCUT2D eigenvalue weighted by Crippen LogP contribution is -2.26. The van der Waals surface area contributed by atoms with E-state index < -0.39 is 16.1 Å². The summed E-state index contributed by atoms with van der Waals surface area (Å²) in [5.74, 6) is -0.324. The van der Waals surface area contributed by atoms with Gasteiger partial charge in [0.05, 0.1) is 16.7 Å². The van der Waals surface area contributed by atoms with Crippen molar-refractivity contribution in [2.24, 2.45) is 5.14 Å². The average molecular weight is 403 g/mol. The normalized spacial score (nSPS) is 14.1. The van der Waals surface area contributed by atoms with Crippen LogP contribution in [-0.2, 0) is 10.0 Å². The van der Waals surface area contributed by atoms with Crippen LogP contribution >= 0.6 is 0 Å².